The molecule has 21 heavy (non-hydrogen) atoms. The van der Waals surface area contributed by atoms with Crippen LogP contribution in [0, 0.1) is 0 Å². The molecule has 2 aromatic carbocycles. The molecule has 0 aliphatic carbocycles. The summed E-state index contributed by atoms with van der Waals surface area (Å²) in [4.78, 5) is 0.347. The van der Waals surface area contributed by atoms with Crippen LogP contribution in [0.25, 0.3) is 5.57 Å². The molecule has 2 aromatic rings. The summed E-state index contributed by atoms with van der Waals surface area (Å²) in [5.41, 5.74) is 3.20. The van der Waals surface area contributed by atoms with Crippen molar-refractivity contribution >= 4 is 15.4 Å². The summed E-state index contributed by atoms with van der Waals surface area (Å²) >= 11 is 0. The summed E-state index contributed by atoms with van der Waals surface area (Å²) in [5.74, 6) is 0. The van der Waals surface area contributed by atoms with Crippen molar-refractivity contribution < 1.29 is 8.42 Å². The molecule has 0 spiro atoms. The fourth-order valence-corrected chi connectivity index (χ4v) is 2.62. The number of benzene rings is 2. The molecule has 0 amide bonds. The van der Waals surface area contributed by atoms with E-state index in [1.165, 1.54) is 6.26 Å². The Morgan fingerprint density at radius 2 is 1.67 bits per heavy atom. The first kappa shape index (κ1) is 15.5. The Labute approximate surface area is 126 Å². The normalized spacial score (nSPS) is 11.3. The summed E-state index contributed by atoms with van der Waals surface area (Å²) in [7, 11) is -3.12. The van der Waals surface area contributed by atoms with Crippen molar-refractivity contribution in [2.75, 3.05) is 12.8 Å². The van der Waals surface area contributed by atoms with Crippen molar-refractivity contribution in [2.24, 2.45) is 0 Å². The van der Waals surface area contributed by atoms with Gasteiger partial charge in [0.25, 0.3) is 0 Å². The number of hydrogen-bond donors (Lipinski definition) is 1. The summed E-state index contributed by atoms with van der Waals surface area (Å²) in [5, 5.41) is 3.31. The first-order chi connectivity index (χ1) is 9.97. The second-order valence-electron chi connectivity index (χ2n) is 4.99. The van der Waals surface area contributed by atoms with Crippen molar-refractivity contribution in [1.82, 2.24) is 5.32 Å². The zero-order chi connectivity index (χ0) is 15.3. The van der Waals surface area contributed by atoms with Crippen LogP contribution in [-0.2, 0) is 16.4 Å². The maximum Gasteiger partial charge on any atom is 0.175 e. The Kier molecular flexibility index (Phi) is 4.94. The highest BCUT2D eigenvalue weighted by atomic mass is 32.2. The third kappa shape index (κ3) is 4.55. The highest BCUT2D eigenvalue weighted by molar-refractivity contribution is 7.90. The molecule has 4 heteroatoms. The number of sulfone groups is 1. The Balaban J connectivity index is 1.88. The molecule has 0 radical (unpaired) electrons. The highest BCUT2D eigenvalue weighted by Crippen LogP contribution is 2.12. The molecule has 0 heterocycles. The van der Waals surface area contributed by atoms with Gasteiger partial charge >= 0.3 is 0 Å². The average Bonchev–Trinajstić information content (AvgIpc) is 2.47. The summed E-state index contributed by atoms with van der Waals surface area (Å²) in [6.45, 7) is 5.43. The van der Waals surface area contributed by atoms with Gasteiger partial charge in [-0.25, -0.2) is 8.42 Å². The number of rotatable bonds is 6. The predicted octanol–water partition coefficient (Wildman–Crippen LogP) is 2.89. The number of nitrogens with one attached hydrogen (secondary N) is 1. The molecule has 0 atom stereocenters. The van der Waals surface area contributed by atoms with Gasteiger partial charge in [-0.3, -0.25) is 0 Å². The SMILES string of the molecule is C=C(CNCc1ccc(S(C)(=O)=O)cc1)c1ccccc1. The van der Waals surface area contributed by atoms with Crippen LogP contribution in [0.5, 0.6) is 0 Å². The standard InChI is InChI=1S/C17H19NO2S/c1-14(16-6-4-3-5-7-16)12-18-13-15-8-10-17(11-9-15)21(2,19)20/h3-11,18H,1,12-13H2,2H3. The van der Waals surface area contributed by atoms with E-state index in [-0.39, 0.29) is 0 Å². The van der Waals surface area contributed by atoms with Gasteiger partial charge in [0, 0.05) is 19.3 Å². The molecule has 110 valence electrons. The summed E-state index contributed by atoms with van der Waals surface area (Å²) in [6, 6.07) is 17.0. The van der Waals surface area contributed by atoms with Crippen LogP contribution in [0.15, 0.2) is 66.1 Å². The smallest absolute Gasteiger partial charge is 0.175 e. The monoisotopic (exact) mass is 301 g/mol. The topological polar surface area (TPSA) is 46.2 Å². The van der Waals surface area contributed by atoms with Crippen molar-refractivity contribution in [3.8, 4) is 0 Å². The summed E-state index contributed by atoms with van der Waals surface area (Å²) in [6.07, 6.45) is 1.21. The fourth-order valence-electron chi connectivity index (χ4n) is 1.99. The van der Waals surface area contributed by atoms with E-state index in [0.717, 1.165) is 16.7 Å². The molecular formula is C17H19NO2S. The van der Waals surface area contributed by atoms with E-state index in [1.54, 1.807) is 12.1 Å². The molecule has 0 unspecified atom stereocenters. The van der Waals surface area contributed by atoms with Crippen LogP contribution < -0.4 is 5.32 Å². The molecule has 0 saturated carbocycles. The van der Waals surface area contributed by atoms with Gasteiger partial charge in [0.1, 0.15) is 0 Å². The van der Waals surface area contributed by atoms with E-state index >= 15 is 0 Å². The van der Waals surface area contributed by atoms with Crippen molar-refractivity contribution in [2.45, 2.75) is 11.4 Å². The van der Waals surface area contributed by atoms with Crippen molar-refractivity contribution in [3.63, 3.8) is 0 Å². The second kappa shape index (κ2) is 6.70. The van der Waals surface area contributed by atoms with E-state index in [4.69, 9.17) is 0 Å². The molecular weight excluding hydrogens is 282 g/mol. The van der Waals surface area contributed by atoms with Crippen LogP contribution in [0.2, 0.25) is 0 Å². The van der Waals surface area contributed by atoms with Crippen molar-refractivity contribution in [1.29, 1.82) is 0 Å². The fraction of sp³-hybridized carbons (Fsp3) is 0.176. The molecule has 0 fully saturated rings. The second-order valence-corrected chi connectivity index (χ2v) is 7.00. The molecule has 0 aliphatic heterocycles. The highest BCUT2D eigenvalue weighted by Gasteiger charge is 2.06. The molecule has 3 nitrogen and oxygen atoms in total. The lowest BCUT2D eigenvalue weighted by Gasteiger charge is -2.08. The van der Waals surface area contributed by atoms with Crippen molar-refractivity contribution in [3.05, 3.63) is 72.3 Å². The van der Waals surface area contributed by atoms with E-state index in [0.29, 0.717) is 18.0 Å². The van der Waals surface area contributed by atoms with E-state index in [2.05, 4.69) is 11.9 Å². The average molecular weight is 301 g/mol. The molecule has 0 aromatic heterocycles. The lowest BCUT2D eigenvalue weighted by molar-refractivity contribution is 0.602. The maximum atomic E-state index is 11.4. The zero-order valence-corrected chi connectivity index (χ0v) is 12.9. The quantitative estimate of drug-likeness (QED) is 0.892. The first-order valence-corrected chi connectivity index (χ1v) is 8.59. The van der Waals surface area contributed by atoms with Gasteiger partial charge in [-0.1, -0.05) is 49.0 Å². The van der Waals surface area contributed by atoms with Crippen LogP contribution in [0.1, 0.15) is 11.1 Å². The van der Waals surface area contributed by atoms with Crippen LogP contribution in [0.3, 0.4) is 0 Å². The van der Waals surface area contributed by atoms with Gasteiger partial charge in [0.15, 0.2) is 9.84 Å². The summed E-state index contributed by atoms with van der Waals surface area (Å²) < 4.78 is 22.8. The number of hydrogen-bond acceptors (Lipinski definition) is 3. The predicted molar refractivity (Wildman–Crippen MR) is 86.7 cm³/mol. The van der Waals surface area contributed by atoms with Crippen LogP contribution in [0.4, 0.5) is 0 Å². The maximum absolute atomic E-state index is 11.4. The Hall–Kier alpha value is -1.91. The molecule has 0 bridgehead atoms. The van der Waals surface area contributed by atoms with Gasteiger partial charge in [0.05, 0.1) is 4.90 Å². The lowest BCUT2D eigenvalue weighted by Crippen LogP contribution is -2.15. The van der Waals surface area contributed by atoms with E-state index < -0.39 is 9.84 Å². The third-order valence-electron chi connectivity index (χ3n) is 3.20. The molecule has 0 saturated heterocycles. The van der Waals surface area contributed by atoms with E-state index in [9.17, 15) is 8.42 Å². The van der Waals surface area contributed by atoms with E-state index in [1.807, 2.05) is 42.5 Å². The third-order valence-corrected chi connectivity index (χ3v) is 4.33. The minimum atomic E-state index is -3.12. The lowest BCUT2D eigenvalue weighted by atomic mass is 10.1. The molecule has 2 rings (SSSR count). The van der Waals surface area contributed by atoms with Crippen LogP contribution >= 0.6 is 0 Å². The first-order valence-electron chi connectivity index (χ1n) is 6.70. The largest absolute Gasteiger partial charge is 0.309 e. The zero-order valence-electron chi connectivity index (χ0n) is 12.0. The molecule has 1 N–H and O–H groups in total. The van der Waals surface area contributed by atoms with Gasteiger partial charge in [-0.05, 0) is 28.8 Å². The van der Waals surface area contributed by atoms with Gasteiger partial charge in [0.2, 0.25) is 0 Å². The minimum absolute atomic E-state index is 0.347. The van der Waals surface area contributed by atoms with Gasteiger partial charge in [-0.2, -0.15) is 0 Å². The Morgan fingerprint density at radius 3 is 2.24 bits per heavy atom. The Morgan fingerprint density at radius 1 is 1.05 bits per heavy atom. The molecule has 0 aliphatic rings. The van der Waals surface area contributed by atoms with Gasteiger partial charge in [-0.15, -0.1) is 0 Å². The Bertz CT molecular complexity index is 704. The van der Waals surface area contributed by atoms with Gasteiger partial charge < -0.3 is 5.32 Å². The minimum Gasteiger partial charge on any atom is -0.309 e. The van der Waals surface area contributed by atoms with Crippen LogP contribution in [-0.4, -0.2) is 21.2 Å².